The average Bonchev–Trinajstić information content (AvgIpc) is 2.37. The normalized spacial score (nSPS) is 16.1. The van der Waals surface area contributed by atoms with Crippen molar-refractivity contribution in [1.82, 2.24) is 4.98 Å². The highest BCUT2D eigenvalue weighted by molar-refractivity contribution is 6.16. The Balaban J connectivity index is 2.29. The van der Waals surface area contributed by atoms with Crippen molar-refractivity contribution in [1.29, 1.82) is 0 Å². The number of aromatic nitrogens is 1. The molecule has 0 saturated carbocycles. The van der Waals surface area contributed by atoms with Crippen molar-refractivity contribution in [3.05, 3.63) is 30.0 Å². The van der Waals surface area contributed by atoms with Crippen molar-refractivity contribution in [2.45, 2.75) is 0 Å². The van der Waals surface area contributed by atoms with Crippen LogP contribution in [0.5, 0.6) is 0 Å². The Kier molecular flexibility index (Phi) is 3.67. The molecule has 2 amide bonds. The van der Waals surface area contributed by atoms with Gasteiger partial charge in [0.05, 0.1) is 5.69 Å². The van der Waals surface area contributed by atoms with E-state index in [0.717, 1.165) is 11.0 Å². The Labute approximate surface area is 108 Å². The number of carbonyl (C=O) groups excluding carboxylic acids is 2. The molecule has 2 heterocycles. The molecule has 0 unspecified atom stereocenters. The van der Waals surface area contributed by atoms with Crippen LogP contribution in [0.1, 0.15) is 5.69 Å². The van der Waals surface area contributed by atoms with Gasteiger partial charge in [-0.2, -0.15) is 0 Å². The summed E-state index contributed by atoms with van der Waals surface area (Å²) in [6, 6.07) is 4.65. The predicted octanol–water partition coefficient (Wildman–Crippen LogP) is 0.0692. The minimum atomic E-state index is -1.11. The number of ether oxygens (including phenoxy) is 1. The SMILES string of the molecule is O=C(O)C=Cc1cccc(N2C(=O)COCC2=O)n1. The molecule has 1 saturated heterocycles. The van der Waals surface area contributed by atoms with E-state index in [-0.39, 0.29) is 19.0 Å². The molecule has 0 atom stereocenters. The van der Waals surface area contributed by atoms with Crippen LogP contribution in [0, 0.1) is 0 Å². The fraction of sp³-hybridized carbons (Fsp3) is 0.167. The lowest BCUT2D eigenvalue weighted by molar-refractivity contribution is -0.138. The van der Waals surface area contributed by atoms with Gasteiger partial charge < -0.3 is 9.84 Å². The lowest BCUT2D eigenvalue weighted by Gasteiger charge is -2.23. The van der Waals surface area contributed by atoms with Gasteiger partial charge in [-0.1, -0.05) is 6.07 Å². The third kappa shape index (κ3) is 3.02. The highest BCUT2D eigenvalue weighted by Gasteiger charge is 2.29. The number of amides is 2. The number of pyridine rings is 1. The molecule has 2 rings (SSSR count). The number of anilines is 1. The number of carbonyl (C=O) groups is 3. The third-order valence-electron chi connectivity index (χ3n) is 2.33. The average molecular weight is 262 g/mol. The Morgan fingerprint density at radius 1 is 1.32 bits per heavy atom. The minimum Gasteiger partial charge on any atom is -0.478 e. The summed E-state index contributed by atoms with van der Waals surface area (Å²) < 4.78 is 4.79. The van der Waals surface area contributed by atoms with Crippen molar-refractivity contribution in [3.8, 4) is 0 Å². The molecule has 0 bridgehead atoms. The Bertz CT molecular complexity index is 551. The summed E-state index contributed by atoms with van der Waals surface area (Å²) in [6.07, 6.45) is 2.20. The molecular weight excluding hydrogens is 252 g/mol. The lowest BCUT2D eigenvalue weighted by atomic mass is 10.3. The molecule has 1 aromatic rings. The number of hydrogen-bond donors (Lipinski definition) is 1. The van der Waals surface area contributed by atoms with Gasteiger partial charge in [0.2, 0.25) is 0 Å². The van der Waals surface area contributed by atoms with E-state index in [1.54, 1.807) is 12.1 Å². The zero-order valence-corrected chi connectivity index (χ0v) is 9.78. The Morgan fingerprint density at radius 2 is 2.00 bits per heavy atom. The van der Waals surface area contributed by atoms with E-state index in [2.05, 4.69) is 4.98 Å². The van der Waals surface area contributed by atoms with Gasteiger partial charge in [0.25, 0.3) is 11.8 Å². The van der Waals surface area contributed by atoms with Crippen LogP contribution >= 0.6 is 0 Å². The number of nitrogens with zero attached hydrogens (tertiary/aromatic N) is 2. The van der Waals surface area contributed by atoms with Gasteiger partial charge in [-0.05, 0) is 18.2 Å². The van der Waals surface area contributed by atoms with Crippen LogP contribution in [0.15, 0.2) is 24.3 Å². The Hall–Kier alpha value is -2.54. The van der Waals surface area contributed by atoms with Crippen molar-refractivity contribution in [2.24, 2.45) is 0 Å². The maximum atomic E-state index is 11.6. The topological polar surface area (TPSA) is 96.8 Å². The number of rotatable bonds is 3. The van der Waals surface area contributed by atoms with Gasteiger partial charge in [0, 0.05) is 6.08 Å². The van der Waals surface area contributed by atoms with Gasteiger partial charge >= 0.3 is 5.97 Å². The predicted molar refractivity (Wildman–Crippen MR) is 64.2 cm³/mol. The summed E-state index contributed by atoms with van der Waals surface area (Å²) in [5.74, 6) is -1.94. The second-order valence-corrected chi connectivity index (χ2v) is 3.71. The summed E-state index contributed by atoms with van der Waals surface area (Å²) in [5.41, 5.74) is 0.340. The summed E-state index contributed by atoms with van der Waals surface area (Å²) in [4.78, 5) is 38.6. The van der Waals surface area contributed by atoms with Crippen LogP contribution in [0.3, 0.4) is 0 Å². The van der Waals surface area contributed by atoms with Crippen molar-refractivity contribution < 1.29 is 24.2 Å². The standard InChI is InChI=1S/C12H10N2O5/c15-10-6-19-7-11(16)14(10)9-3-1-2-8(13-9)4-5-12(17)18/h1-5H,6-7H2,(H,17,18). The quantitative estimate of drug-likeness (QED) is 0.611. The smallest absolute Gasteiger partial charge is 0.328 e. The highest BCUT2D eigenvalue weighted by atomic mass is 16.5. The van der Waals surface area contributed by atoms with Crippen LogP contribution in [-0.2, 0) is 19.1 Å². The number of imide groups is 1. The minimum absolute atomic E-state index is 0.158. The second-order valence-electron chi connectivity index (χ2n) is 3.71. The van der Waals surface area contributed by atoms with Gasteiger partial charge in [-0.15, -0.1) is 0 Å². The summed E-state index contributed by atoms with van der Waals surface area (Å²) in [6.45, 7) is -0.356. The number of carboxylic acid groups (broad SMARTS) is 1. The molecule has 7 nitrogen and oxygen atoms in total. The van der Waals surface area contributed by atoms with Crippen molar-refractivity contribution >= 4 is 29.7 Å². The zero-order valence-electron chi connectivity index (χ0n) is 9.78. The molecule has 1 aliphatic heterocycles. The molecule has 0 spiro atoms. The van der Waals surface area contributed by atoms with Gasteiger partial charge in [-0.3, -0.25) is 9.59 Å². The van der Waals surface area contributed by atoms with E-state index < -0.39 is 17.8 Å². The van der Waals surface area contributed by atoms with Crippen LogP contribution < -0.4 is 4.90 Å². The second kappa shape index (κ2) is 5.40. The number of carboxylic acids is 1. The first-order chi connectivity index (χ1) is 9.08. The molecule has 1 N–H and O–H groups in total. The monoisotopic (exact) mass is 262 g/mol. The molecule has 0 aliphatic carbocycles. The molecule has 1 aliphatic rings. The van der Waals surface area contributed by atoms with E-state index in [9.17, 15) is 14.4 Å². The number of hydrogen-bond acceptors (Lipinski definition) is 5. The first kappa shape index (κ1) is 12.9. The molecular formula is C12H10N2O5. The summed E-state index contributed by atoms with van der Waals surface area (Å²) in [5, 5.41) is 8.53. The molecule has 0 aromatic carbocycles. The zero-order chi connectivity index (χ0) is 13.8. The molecule has 98 valence electrons. The summed E-state index contributed by atoms with van der Waals surface area (Å²) in [7, 11) is 0. The van der Waals surface area contributed by atoms with E-state index >= 15 is 0 Å². The van der Waals surface area contributed by atoms with E-state index in [4.69, 9.17) is 9.84 Å². The molecule has 7 heteroatoms. The molecule has 1 aromatic heterocycles. The largest absolute Gasteiger partial charge is 0.478 e. The third-order valence-corrected chi connectivity index (χ3v) is 2.33. The van der Waals surface area contributed by atoms with E-state index in [1.165, 1.54) is 12.1 Å². The number of aliphatic carboxylic acids is 1. The van der Waals surface area contributed by atoms with Crippen LogP contribution in [0.25, 0.3) is 6.08 Å². The highest BCUT2D eigenvalue weighted by Crippen LogP contribution is 2.15. The molecule has 19 heavy (non-hydrogen) atoms. The first-order valence-electron chi connectivity index (χ1n) is 5.39. The fourth-order valence-electron chi connectivity index (χ4n) is 1.56. The van der Waals surface area contributed by atoms with Crippen LogP contribution in [0.4, 0.5) is 5.82 Å². The number of morpholine rings is 1. The molecule has 0 radical (unpaired) electrons. The van der Waals surface area contributed by atoms with Crippen molar-refractivity contribution in [2.75, 3.05) is 18.1 Å². The molecule has 1 fully saturated rings. The van der Waals surface area contributed by atoms with Crippen LogP contribution in [-0.4, -0.2) is 41.1 Å². The maximum Gasteiger partial charge on any atom is 0.328 e. The Morgan fingerprint density at radius 3 is 2.63 bits per heavy atom. The van der Waals surface area contributed by atoms with Gasteiger partial charge in [-0.25, -0.2) is 14.7 Å². The van der Waals surface area contributed by atoms with Crippen molar-refractivity contribution in [3.63, 3.8) is 0 Å². The van der Waals surface area contributed by atoms with Gasteiger partial charge in [0.1, 0.15) is 19.0 Å². The summed E-state index contributed by atoms with van der Waals surface area (Å²) >= 11 is 0. The van der Waals surface area contributed by atoms with E-state index in [1.807, 2.05) is 0 Å². The fourth-order valence-corrected chi connectivity index (χ4v) is 1.56. The van der Waals surface area contributed by atoms with Gasteiger partial charge in [0.15, 0.2) is 0 Å². The lowest BCUT2D eigenvalue weighted by Crippen LogP contribution is -2.46. The van der Waals surface area contributed by atoms with E-state index in [0.29, 0.717) is 5.69 Å². The van der Waals surface area contributed by atoms with Crippen LogP contribution in [0.2, 0.25) is 0 Å². The maximum absolute atomic E-state index is 11.6. The first-order valence-corrected chi connectivity index (χ1v) is 5.39.